The molecule has 1 heterocycles. The summed E-state index contributed by atoms with van der Waals surface area (Å²) in [5.41, 5.74) is 6.01. The molecule has 0 aromatic heterocycles. The van der Waals surface area contributed by atoms with Crippen molar-refractivity contribution in [2.45, 2.75) is 39.2 Å². The van der Waals surface area contributed by atoms with Gasteiger partial charge in [-0.25, -0.2) is 0 Å². The van der Waals surface area contributed by atoms with Crippen molar-refractivity contribution in [2.24, 2.45) is 16.6 Å². The van der Waals surface area contributed by atoms with Crippen molar-refractivity contribution in [1.29, 1.82) is 0 Å². The second-order valence-corrected chi connectivity index (χ2v) is 5.66. The number of carbonyl (C=O) groups excluding carboxylic acids is 1. The topological polar surface area (TPSA) is 55.1 Å². The first-order valence-corrected chi connectivity index (χ1v) is 5.46. The van der Waals surface area contributed by atoms with E-state index in [4.69, 9.17) is 5.73 Å². The third-order valence-electron chi connectivity index (χ3n) is 3.81. The highest BCUT2D eigenvalue weighted by molar-refractivity contribution is 5.89. The van der Waals surface area contributed by atoms with Crippen LogP contribution in [0, 0.1) is 10.8 Å². The maximum absolute atomic E-state index is 11.8. The average molecular weight is 196 g/mol. The van der Waals surface area contributed by atoms with Crippen molar-refractivity contribution in [3.8, 4) is 0 Å². The lowest BCUT2D eigenvalue weighted by Gasteiger charge is -2.44. The summed E-state index contributed by atoms with van der Waals surface area (Å²) >= 11 is 0. The van der Waals surface area contributed by atoms with Crippen molar-refractivity contribution >= 4 is 5.78 Å². The summed E-state index contributed by atoms with van der Waals surface area (Å²) in [5.74, 6) is 0.245. The molecule has 2 atom stereocenters. The number of nitrogens with two attached hydrogens (primary N) is 1. The molecule has 3 nitrogen and oxygen atoms in total. The Hall–Kier alpha value is -0.410. The van der Waals surface area contributed by atoms with Gasteiger partial charge in [0.05, 0.1) is 6.04 Å². The Bertz CT molecular complexity index is 254. The van der Waals surface area contributed by atoms with Crippen LogP contribution in [0.15, 0.2) is 0 Å². The summed E-state index contributed by atoms with van der Waals surface area (Å²) < 4.78 is 0. The first-order chi connectivity index (χ1) is 6.45. The highest BCUT2D eigenvalue weighted by atomic mass is 16.1. The lowest BCUT2D eigenvalue weighted by molar-refractivity contribution is -0.134. The average Bonchev–Trinajstić information content (AvgIpc) is 2.48. The third kappa shape index (κ3) is 1.48. The van der Waals surface area contributed by atoms with Crippen LogP contribution >= 0.6 is 0 Å². The van der Waals surface area contributed by atoms with Gasteiger partial charge < -0.3 is 11.1 Å². The van der Waals surface area contributed by atoms with Gasteiger partial charge in [-0.1, -0.05) is 13.8 Å². The molecule has 3 N–H and O–H groups in total. The molecule has 1 aliphatic carbocycles. The number of hydrogen-bond acceptors (Lipinski definition) is 3. The van der Waals surface area contributed by atoms with Crippen molar-refractivity contribution in [3.63, 3.8) is 0 Å². The summed E-state index contributed by atoms with van der Waals surface area (Å²) in [5, 5.41) is 3.39. The van der Waals surface area contributed by atoms with E-state index in [2.05, 4.69) is 5.32 Å². The van der Waals surface area contributed by atoms with Gasteiger partial charge in [-0.15, -0.1) is 0 Å². The molecule has 14 heavy (non-hydrogen) atoms. The van der Waals surface area contributed by atoms with Crippen LogP contribution in [0.1, 0.15) is 33.1 Å². The fraction of sp³-hybridized carbons (Fsp3) is 0.909. The predicted octanol–water partition coefficient (Wildman–Crippen LogP) is 0.683. The van der Waals surface area contributed by atoms with E-state index in [9.17, 15) is 4.79 Å². The predicted molar refractivity (Wildman–Crippen MR) is 55.9 cm³/mol. The molecule has 2 fully saturated rings. The minimum atomic E-state index is -0.237. The molecule has 1 saturated carbocycles. The molecule has 1 aliphatic heterocycles. The van der Waals surface area contributed by atoms with E-state index in [0.29, 0.717) is 5.41 Å². The Morgan fingerprint density at radius 2 is 2.21 bits per heavy atom. The highest BCUT2D eigenvalue weighted by Crippen LogP contribution is 2.46. The van der Waals surface area contributed by atoms with E-state index < -0.39 is 0 Å². The largest absolute Gasteiger partial charge is 0.321 e. The normalized spacial score (nSPS) is 41.9. The SMILES string of the molecule is CC1(C)CC2(CCNC2)CC(N)C1=O. The molecule has 1 saturated heterocycles. The first-order valence-electron chi connectivity index (χ1n) is 5.46. The van der Waals surface area contributed by atoms with Gasteiger partial charge in [-0.05, 0) is 31.2 Å². The van der Waals surface area contributed by atoms with Crippen molar-refractivity contribution in [3.05, 3.63) is 0 Å². The number of nitrogens with one attached hydrogen (secondary N) is 1. The fourth-order valence-electron chi connectivity index (χ4n) is 3.28. The van der Waals surface area contributed by atoms with Crippen LogP contribution in [-0.4, -0.2) is 24.9 Å². The Kier molecular flexibility index (Phi) is 2.20. The molecule has 0 aromatic carbocycles. The summed E-state index contributed by atoms with van der Waals surface area (Å²) in [6.07, 6.45) is 3.05. The monoisotopic (exact) mass is 196 g/mol. The van der Waals surface area contributed by atoms with Crippen LogP contribution < -0.4 is 11.1 Å². The standard InChI is InChI=1S/C11H20N2O/c1-10(2)6-11(3-4-13-7-11)5-8(12)9(10)14/h8,13H,3-7,12H2,1-2H3. The van der Waals surface area contributed by atoms with Crippen molar-refractivity contribution in [2.75, 3.05) is 13.1 Å². The first kappa shape index (κ1) is 10.1. The van der Waals surface area contributed by atoms with Crippen molar-refractivity contribution in [1.82, 2.24) is 5.32 Å². The van der Waals surface area contributed by atoms with Crippen LogP contribution in [0.2, 0.25) is 0 Å². The summed E-state index contributed by atoms with van der Waals surface area (Å²) in [6, 6.07) is -0.237. The summed E-state index contributed by atoms with van der Waals surface area (Å²) in [7, 11) is 0. The van der Waals surface area contributed by atoms with Gasteiger partial charge in [0.2, 0.25) is 0 Å². The zero-order valence-corrected chi connectivity index (χ0v) is 9.10. The van der Waals surface area contributed by atoms with Crippen molar-refractivity contribution < 1.29 is 4.79 Å². The number of ketones is 1. The molecule has 3 heteroatoms. The van der Waals surface area contributed by atoms with E-state index in [-0.39, 0.29) is 17.2 Å². The third-order valence-corrected chi connectivity index (χ3v) is 3.81. The molecule has 2 rings (SSSR count). The van der Waals surface area contributed by atoms with Crippen LogP contribution in [-0.2, 0) is 4.79 Å². The summed E-state index contributed by atoms with van der Waals surface area (Å²) in [6.45, 7) is 6.19. The van der Waals surface area contributed by atoms with Gasteiger partial charge >= 0.3 is 0 Å². The highest BCUT2D eigenvalue weighted by Gasteiger charge is 2.49. The number of rotatable bonds is 0. The lowest BCUT2D eigenvalue weighted by Crippen LogP contribution is -2.52. The number of Topliss-reactive ketones (excluding diaryl/α,β-unsaturated/α-hetero) is 1. The summed E-state index contributed by atoms with van der Waals surface area (Å²) in [4.78, 5) is 11.8. The van der Waals surface area contributed by atoms with Crippen LogP contribution in [0.5, 0.6) is 0 Å². The molecule has 80 valence electrons. The van der Waals surface area contributed by atoms with E-state index >= 15 is 0 Å². The number of hydrogen-bond donors (Lipinski definition) is 2. The van der Waals surface area contributed by atoms with E-state index in [1.165, 1.54) is 6.42 Å². The van der Waals surface area contributed by atoms with Crippen LogP contribution in [0.25, 0.3) is 0 Å². The minimum absolute atomic E-state index is 0.219. The van der Waals surface area contributed by atoms with Crippen LogP contribution in [0.3, 0.4) is 0 Å². The molecule has 1 spiro atoms. The molecule has 0 radical (unpaired) electrons. The smallest absolute Gasteiger partial charge is 0.155 e. The van der Waals surface area contributed by atoms with Gasteiger partial charge in [0, 0.05) is 12.0 Å². The maximum atomic E-state index is 11.8. The van der Waals surface area contributed by atoms with Gasteiger partial charge in [-0.3, -0.25) is 4.79 Å². The second kappa shape index (κ2) is 3.04. The Morgan fingerprint density at radius 1 is 1.50 bits per heavy atom. The molecular formula is C11H20N2O. The zero-order valence-electron chi connectivity index (χ0n) is 9.10. The quantitative estimate of drug-likeness (QED) is 0.599. The maximum Gasteiger partial charge on any atom is 0.155 e. The van der Waals surface area contributed by atoms with Gasteiger partial charge in [0.25, 0.3) is 0 Å². The molecular weight excluding hydrogens is 176 g/mol. The molecule has 2 unspecified atom stereocenters. The fourth-order valence-corrected chi connectivity index (χ4v) is 3.28. The zero-order chi connectivity index (χ0) is 10.4. The van der Waals surface area contributed by atoms with Gasteiger partial charge in [0.1, 0.15) is 0 Å². The Balaban J connectivity index is 2.22. The second-order valence-electron chi connectivity index (χ2n) is 5.66. The molecule has 0 aromatic rings. The van der Waals surface area contributed by atoms with Crippen LogP contribution in [0.4, 0.5) is 0 Å². The minimum Gasteiger partial charge on any atom is -0.321 e. The lowest BCUT2D eigenvalue weighted by atomic mass is 9.61. The number of carbonyl (C=O) groups is 1. The van der Waals surface area contributed by atoms with E-state index in [1.807, 2.05) is 13.8 Å². The Labute approximate surface area is 85.4 Å². The molecule has 2 aliphatic rings. The Morgan fingerprint density at radius 3 is 2.71 bits per heavy atom. The van der Waals surface area contributed by atoms with E-state index in [1.54, 1.807) is 0 Å². The molecule has 0 bridgehead atoms. The molecule has 0 amide bonds. The van der Waals surface area contributed by atoms with E-state index in [0.717, 1.165) is 25.9 Å². The van der Waals surface area contributed by atoms with Gasteiger partial charge in [-0.2, -0.15) is 0 Å². The van der Waals surface area contributed by atoms with Gasteiger partial charge in [0.15, 0.2) is 5.78 Å².